The zero-order chi connectivity index (χ0) is 31.8. The first-order chi connectivity index (χ1) is 21.1. The van der Waals surface area contributed by atoms with E-state index >= 15 is 0 Å². The predicted octanol–water partition coefficient (Wildman–Crippen LogP) is 2.03. The molecule has 236 valence electrons. The molecule has 4 heterocycles. The van der Waals surface area contributed by atoms with Crippen LogP contribution in [0.1, 0.15) is 44.8 Å². The lowest BCUT2D eigenvalue weighted by Crippen LogP contribution is -2.39. The van der Waals surface area contributed by atoms with Crippen LogP contribution in [-0.2, 0) is 27.9 Å². The molecule has 1 aromatic carbocycles. The number of thiazole rings is 1. The summed E-state index contributed by atoms with van der Waals surface area (Å²) in [5.74, 6) is 0.139. The Balaban J connectivity index is 0.00000141. The number of methoxy groups -OCH3 is 1. The van der Waals surface area contributed by atoms with Gasteiger partial charge >= 0.3 is 0 Å². The maximum atomic E-state index is 13.5. The summed E-state index contributed by atoms with van der Waals surface area (Å²) < 4.78 is 13.4. The van der Waals surface area contributed by atoms with Crippen molar-refractivity contribution in [3.8, 4) is 11.5 Å². The summed E-state index contributed by atoms with van der Waals surface area (Å²) in [5, 5.41) is 17.1. The van der Waals surface area contributed by atoms with Crippen molar-refractivity contribution in [3.63, 3.8) is 0 Å². The largest absolute Gasteiger partial charge is 0.493 e. The minimum atomic E-state index is -0.422. The first-order valence-corrected chi connectivity index (χ1v) is 15.2. The number of rotatable bonds is 4. The number of likely N-dealkylation sites (tertiary alicyclic amines) is 1. The summed E-state index contributed by atoms with van der Waals surface area (Å²) in [6.45, 7) is 5.77. The molecule has 13 nitrogen and oxygen atoms in total. The smallest absolute Gasteiger partial charge is 0.290 e. The van der Waals surface area contributed by atoms with Crippen molar-refractivity contribution in [2.75, 3.05) is 46.4 Å². The molecular formula is C30H38N6O7S. The maximum Gasteiger partial charge on any atom is 0.290 e. The molecule has 14 heteroatoms. The summed E-state index contributed by atoms with van der Waals surface area (Å²) in [6, 6.07) is 7.42. The van der Waals surface area contributed by atoms with Crippen LogP contribution in [0.3, 0.4) is 0 Å². The lowest BCUT2D eigenvalue weighted by molar-refractivity contribution is -0.130. The molecule has 2 aromatic heterocycles. The third kappa shape index (κ3) is 7.73. The van der Waals surface area contributed by atoms with Gasteiger partial charge in [-0.1, -0.05) is 6.07 Å². The Morgan fingerprint density at radius 3 is 2.59 bits per heavy atom. The van der Waals surface area contributed by atoms with Gasteiger partial charge in [0.15, 0.2) is 17.2 Å². The summed E-state index contributed by atoms with van der Waals surface area (Å²) >= 11 is 1.52. The number of aromatic nitrogens is 3. The van der Waals surface area contributed by atoms with Gasteiger partial charge in [-0.2, -0.15) is 5.10 Å². The number of hydrogen-bond donors (Lipinski definition) is 2. The molecular weight excluding hydrogens is 588 g/mol. The van der Waals surface area contributed by atoms with Crippen molar-refractivity contribution in [2.24, 2.45) is 13.0 Å². The van der Waals surface area contributed by atoms with E-state index < -0.39 is 5.92 Å². The van der Waals surface area contributed by atoms with Crippen LogP contribution in [0.5, 0.6) is 11.5 Å². The van der Waals surface area contributed by atoms with Crippen LogP contribution < -0.4 is 14.8 Å². The van der Waals surface area contributed by atoms with Gasteiger partial charge in [-0.3, -0.25) is 23.9 Å². The first-order valence-electron chi connectivity index (χ1n) is 14.3. The highest BCUT2D eigenvalue weighted by Crippen LogP contribution is 2.38. The van der Waals surface area contributed by atoms with Crippen LogP contribution in [0.4, 0.5) is 0 Å². The minimum absolute atomic E-state index is 0.0441. The molecule has 2 aliphatic rings. The number of nitrogens with one attached hydrogen (secondary N) is 1. The Morgan fingerprint density at radius 2 is 1.93 bits per heavy atom. The second-order valence-electron chi connectivity index (χ2n) is 10.6. The Hall–Kier alpha value is -4.46. The van der Waals surface area contributed by atoms with Crippen LogP contribution in [0.25, 0.3) is 0 Å². The van der Waals surface area contributed by atoms with Gasteiger partial charge < -0.3 is 29.7 Å². The third-order valence-electron chi connectivity index (χ3n) is 7.77. The van der Waals surface area contributed by atoms with Gasteiger partial charge in [0.1, 0.15) is 6.61 Å². The highest BCUT2D eigenvalue weighted by atomic mass is 32.1. The number of carbonyl (C=O) groups is 4. The number of ether oxygens (including phenoxy) is 2. The molecule has 2 N–H and O–H groups in total. The van der Waals surface area contributed by atoms with Crippen LogP contribution in [0.15, 0.2) is 29.6 Å². The highest BCUT2D eigenvalue weighted by molar-refractivity contribution is 7.09. The molecule has 1 saturated heterocycles. The monoisotopic (exact) mass is 626 g/mol. The normalized spacial score (nSPS) is 18.6. The number of amides is 3. The molecule has 0 spiro atoms. The lowest BCUT2D eigenvalue weighted by atomic mass is 9.88. The lowest BCUT2D eigenvalue weighted by Gasteiger charge is -2.24. The van der Waals surface area contributed by atoms with Gasteiger partial charge in [0.2, 0.25) is 11.8 Å². The fourth-order valence-corrected chi connectivity index (χ4v) is 6.04. The average molecular weight is 627 g/mol. The van der Waals surface area contributed by atoms with Crippen LogP contribution >= 0.6 is 11.3 Å². The fraction of sp³-hybridized carbons (Fsp3) is 0.467. The molecule has 3 aromatic rings. The van der Waals surface area contributed by atoms with Crippen LogP contribution in [0, 0.1) is 19.8 Å². The molecule has 2 atom stereocenters. The fourth-order valence-electron chi connectivity index (χ4n) is 5.42. The van der Waals surface area contributed by atoms with Crippen molar-refractivity contribution >= 4 is 35.5 Å². The Kier molecular flexibility index (Phi) is 10.9. The van der Waals surface area contributed by atoms with E-state index in [0.29, 0.717) is 56.3 Å². The molecule has 2 bridgehead atoms. The second kappa shape index (κ2) is 14.8. The highest BCUT2D eigenvalue weighted by Gasteiger charge is 2.40. The van der Waals surface area contributed by atoms with E-state index in [9.17, 15) is 14.4 Å². The third-order valence-corrected chi connectivity index (χ3v) is 8.59. The standard InChI is InChI=1S/C29H36N6O5S.CH2O2/c1-18-12-24(32-33(18)3)29(38)34-9-5-8-30-28(37)23-16-35(27(36)14-21-17-41-19(2)31-21)15-22(23)20-6-7-25(39-4)26(13-20)40-11-10-34;2-1-3/h6-7,12-13,17,22-23H,5,8-11,14-16H2,1-4H3,(H,30,37);1H,(H,2,3)/t22-,23+;/m1./s1. The number of hydrogen-bond acceptors (Lipinski definition) is 9. The van der Waals surface area contributed by atoms with E-state index in [1.807, 2.05) is 37.4 Å². The molecule has 0 radical (unpaired) electrons. The molecule has 0 aliphatic carbocycles. The summed E-state index contributed by atoms with van der Waals surface area (Å²) in [5.41, 5.74) is 2.91. The van der Waals surface area contributed by atoms with Crippen molar-refractivity contribution in [1.29, 1.82) is 0 Å². The van der Waals surface area contributed by atoms with E-state index in [1.165, 1.54) is 11.3 Å². The number of benzene rings is 1. The number of fused-ring (bicyclic) bond motifs is 4. The zero-order valence-electron chi connectivity index (χ0n) is 25.3. The molecule has 44 heavy (non-hydrogen) atoms. The van der Waals surface area contributed by atoms with E-state index in [0.717, 1.165) is 22.0 Å². The Labute approximate surface area is 259 Å². The van der Waals surface area contributed by atoms with Gasteiger partial charge in [-0.15, -0.1) is 11.3 Å². The minimum Gasteiger partial charge on any atom is -0.493 e. The second-order valence-corrected chi connectivity index (χ2v) is 11.7. The summed E-state index contributed by atoms with van der Waals surface area (Å²) in [6.07, 6.45) is 0.781. The molecule has 5 rings (SSSR count). The quantitative estimate of drug-likeness (QED) is 0.414. The van der Waals surface area contributed by atoms with Crippen molar-refractivity contribution < 1.29 is 33.8 Å². The van der Waals surface area contributed by atoms with Gasteiger partial charge in [-0.05, 0) is 44.0 Å². The Bertz CT molecular complexity index is 1470. The van der Waals surface area contributed by atoms with Gasteiger partial charge in [0.05, 0.1) is 36.7 Å². The molecule has 3 amide bonds. The van der Waals surface area contributed by atoms with Crippen molar-refractivity contribution in [1.82, 2.24) is 29.9 Å². The first kappa shape index (κ1) is 32.5. The summed E-state index contributed by atoms with van der Waals surface area (Å²) in [7, 11) is 3.38. The molecule has 0 unspecified atom stereocenters. The van der Waals surface area contributed by atoms with Crippen molar-refractivity contribution in [2.45, 2.75) is 32.6 Å². The topological polar surface area (TPSA) is 156 Å². The SMILES string of the molecule is COc1ccc2cc1OCCN(C(=O)c1cc(C)n(C)n1)CCCNC(=O)[C@H]1CN(C(=O)Cc3csc(C)n3)C[C@H]21.O=CO. The van der Waals surface area contributed by atoms with E-state index in [2.05, 4.69) is 15.4 Å². The van der Waals surface area contributed by atoms with Crippen LogP contribution in [0.2, 0.25) is 0 Å². The van der Waals surface area contributed by atoms with Gasteiger partial charge in [-0.25, -0.2) is 4.98 Å². The van der Waals surface area contributed by atoms with Crippen LogP contribution in [-0.4, -0.2) is 100 Å². The average Bonchev–Trinajstić information content (AvgIpc) is 3.72. The molecule has 2 aliphatic heterocycles. The number of aryl methyl sites for hydroxylation is 3. The van der Waals surface area contributed by atoms with E-state index in [1.54, 1.807) is 34.7 Å². The zero-order valence-corrected chi connectivity index (χ0v) is 26.1. The number of carbonyl (C=O) groups excluding carboxylic acids is 3. The van der Waals surface area contributed by atoms with Crippen molar-refractivity contribution in [3.05, 3.63) is 57.3 Å². The van der Waals surface area contributed by atoms with E-state index in [4.69, 9.17) is 19.4 Å². The van der Waals surface area contributed by atoms with E-state index in [-0.39, 0.29) is 43.1 Å². The van der Waals surface area contributed by atoms with Gasteiger partial charge in [0.25, 0.3) is 12.4 Å². The molecule has 1 fully saturated rings. The Morgan fingerprint density at radius 1 is 1.18 bits per heavy atom. The predicted molar refractivity (Wildman–Crippen MR) is 162 cm³/mol. The van der Waals surface area contributed by atoms with Gasteiger partial charge in [0, 0.05) is 50.2 Å². The number of nitrogens with zero attached hydrogens (tertiary/aromatic N) is 5. The maximum absolute atomic E-state index is 13.5. The number of carboxylic acid groups (broad SMARTS) is 1. The molecule has 0 saturated carbocycles. The summed E-state index contributed by atoms with van der Waals surface area (Å²) in [4.78, 5) is 56.3.